The predicted molar refractivity (Wildman–Crippen MR) is 57.6 cm³/mol. The predicted octanol–water partition coefficient (Wildman–Crippen LogP) is 2.57. The molecule has 0 bridgehead atoms. The zero-order chi connectivity index (χ0) is 11.0. The van der Waals surface area contributed by atoms with Gasteiger partial charge in [-0.1, -0.05) is 17.7 Å². The number of hydrogen-bond acceptors (Lipinski definition) is 3. The third-order valence-corrected chi connectivity index (χ3v) is 2.56. The van der Waals surface area contributed by atoms with Crippen molar-refractivity contribution in [1.82, 2.24) is 0 Å². The molecule has 0 saturated heterocycles. The molecule has 2 rings (SSSR count). The second-order valence-corrected chi connectivity index (χ2v) is 3.61. The highest BCUT2D eigenvalue weighted by molar-refractivity contribution is 6.37. The Morgan fingerprint density at radius 3 is 2.80 bits per heavy atom. The highest BCUT2D eigenvalue weighted by Crippen LogP contribution is 2.24. The van der Waals surface area contributed by atoms with Crippen molar-refractivity contribution in [2.45, 2.75) is 6.92 Å². The first-order valence-corrected chi connectivity index (χ1v) is 4.69. The van der Waals surface area contributed by atoms with Crippen molar-refractivity contribution in [3.63, 3.8) is 0 Å². The SMILES string of the molecule is Cc1ccc2c(Cl)c(C=O)c(=O)oc2c1. The van der Waals surface area contributed by atoms with E-state index in [-0.39, 0.29) is 10.6 Å². The van der Waals surface area contributed by atoms with Crippen molar-refractivity contribution in [1.29, 1.82) is 0 Å². The second-order valence-electron chi connectivity index (χ2n) is 3.23. The Hall–Kier alpha value is -1.61. The normalized spacial score (nSPS) is 10.5. The molecule has 15 heavy (non-hydrogen) atoms. The fourth-order valence-corrected chi connectivity index (χ4v) is 1.66. The molecule has 0 fully saturated rings. The van der Waals surface area contributed by atoms with E-state index in [0.29, 0.717) is 17.3 Å². The summed E-state index contributed by atoms with van der Waals surface area (Å²) in [5.41, 5.74) is 0.525. The molecular weight excluding hydrogens is 216 g/mol. The van der Waals surface area contributed by atoms with Crippen LogP contribution in [0.3, 0.4) is 0 Å². The quantitative estimate of drug-likeness (QED) is 0.550. The van der Waals surface area contributed by atoms with E-state index in [1.165, 1.54) is 0 Å². The summed E-state index contributed by atoms with van der Waals surface area (Å²) < 4.78 is 4.97. The number of halogens is 1. The second kappa shape index (κ2) is 3.51. The fraction of sp³-hybridized carbons (Fsp3) is 0.0909. The lowest BCUT2D eigenvalue weighted by Crippen LogP contribution is -2.07. The lowest BCUT2D eigenvalue weighted by atomic mass is 10.1. The first kappa shape index (κ1) is 9.93. The van der Waals surface area contributed by atoms with Crippen LogP contribution in [0.25, 0.3) is 11.0 Å². The molecule has 0 saturated carbocycles. The standard InChI is InChI=1S/C11H7ClO3/c1-6-2-3-7-9(4-6)15-11(14)8(5-13)10(7)12/h2-5H,1H3. The molecule has 0 aliphatic carbocycles. The summed E-state index contributed by atoms with van der Waals surface area (Å²) in [4.78, 5) is 21.9. The molecule has 0 atom stereocenters. The Bertz CT molecular complexity index is 599. The van der Waals surface area contributed by atoms with Crippen LogP contribution in [0.15, 0.2) is 27.4 Å². The van der Waals surface area contributed by atoms with Crippen LogP contribution in [0.1, 0.15) is 15.9 Å². The lowest BCUT2D eigenvalue weighted by Gasteiger charge is -2.01. The van der Waals surface area contributed by atoms with E-state index in [9.17, 15) is 9.59 Å². The van der Waals surface area contributed by atoms with Crippen molar-refractivity contribution < 1.29 is 9.21 Å². The van der Waals surface area contributed by atoms with Crippen molar-refractivity contribution in [3.8, 4) is 0 Å². The summed E-state index contributed by atoms with van der Waals surface area (Å²) in [5, 5.41) is 0.722. The molecule has 0 unspecified atom stereocenters. The molecule has 1 heterocycles. The van der Waals surface area contributed by atoms with Crippen molar-refractivity contribution in [2.24, 2.45) is 0 Å². The molecule has 0 amide bonds. The maximum absolute atomic E-state index is 11.3. The first-order valence-electron chi connectivity index (χ1n) is 4.31. The van der Waals surface area contributed by atoms with Gasteiger partial charge in [-0.2, -0.15) is 0 Å². The lowest BCUT2D eigenvalue weighted by molar-refractivity contribution is 0.112. The van der Waals surface area contributed by atoms with E-state index < -0.39 is 5.63 Å². The number of aryl methyl sites for hydroxylation is 1. The van der Waals surface area contributed by atoms with Gasteiger partial charge in [0, 0.05) is 5.39 Å². The summed E-state index contributed by atoms with van der Waals surface area (Å²) in [6, 6.07) is 5.27. The van der Waals surface area contributed by atoms with Gasteiger partial charge in [-0.15, -0.1) is 0 Å². The summed E-state index contributed by atoms with van der Waals surface area (Å²) in [7, 11) is 0. The monoisotopic (exact) mass is 222 g/mol. The number of aldehydes is 1. The maximum atomic E-state index is 11.3. The summed E-state index contributed by atoms with van der Waals surface area (Å²) in [6.07, 6.45) is 0.410. The summed E-state index contributed by atoms with van der Waals surface area (Å²) in [5.74, 6) is 0. The van der Waals surface area contributed by atoms with Gasteiger partial charge in [0.15, 0.2) is 6.29 Å². The van der Waals surface area contributed by atoms with Crippen LogP contribution in [-0.2, 0) is 0 Å². The highest BCUT2D eigenvalue weighted by atomic mass is 35.5. The molecule has 76 valence electrons. The minimum Gasteiger partial charge on any atom is -0.422 e. The van der Waals surface area contributed by atoms with E-state index in [1.54, 1.807) is 12.1 Å². The minimum absolute atomic E-state index is 0.131. The van der Waals surface area contributed by atoms with Crippen LogP contribution in [0.4, 0.5) is 0 Å². The molecule has 1 aromatic carbocycles. The van der Waals surface area contributed by atoms with Crippen molar-refractivity contribution in [2.75, 3.05) is 0 Å². The Morgan fingerprint density at radius 2 is 2.13 bits per heavy atom. The molecule has 2 aromatic rings. The van der Waals surface area contributed by atoms with E-state index in [2.05, 4.69) is 0 Å². The van der Waals surface area contributed by atoms with E-state index in [0.717, 1.165) is 5.56 Å². The van der Waals surface area contributed by atoms with Gasteiger partial charge >= 0.3 is 5.63 Å². The number of rotatable bonds is 1. The van der Waals surface area contributed by atoms with Crippen LogP contribution in [-0.4, -0.2) is 6.29 Å². The largest absolute Gasteiger partial charge is 0.422 e. The molecule has 1 aromatic heterocycles. The average molecular weight is 223 g/mol. The topological polar surface area (TPSA) is 47.3 Å². The Labute approximate surface area is 90.3 Å². The van der Waals surface area contributed by atoms with Crippen molar-refractivity contribution >= 4 is 28.9 Å². The van der Waals surface area contributed by atoms with Crippen LogP contribution >= 0.6 is 11.6 Å². The number of benzene rings is 1. The van der Waals surface area contributed by atoms with Gasteiger partial charge in [0.25, 0.3) is 0 Å². The highest BCUT2D eigenvalue weighted by Gasteiger charge is 2.11. The van der Waals surface area contributed by atoms with E-state index >= 15 is 0 Å². The van der Waals surface area contributed by atoms with Gasteiger partial charge in [0.1, 0.15) is 11.1 Å². The van der Waals surface area contributed by atoms with E-state index in [4.69, 9.17) is 16.0 Å². The molecule has 0 aliphatic rings. The molecule has 0 aliphatic heterocycles. The number of carbonyl (C=O) groups is 1. The van der Waals surface area contributed by atoms with Crippen molar-refractivity contribution in [3.05, 3.63) is 44.8 Å². The summed E-state index contributed by atoms with van der Waals surface area (Å²) in [6.45, 7) is 1.88. The average Bonchev–Trinajstić information content (AvgIpc) is 2.17. The first-order chi connectivity index (χ1) is 7.13. The minimum atomic E-state index is -0.701. The number of hydrogen-bond donors (Lipinski definition) is 0. The van der Waals surface area contributed by atoms with E-state index in [1.807, 2.05) is 13.0 Å². The molecule has 3 nitrogen and oxygen atoms in total. The van der Waals surface area contributed by atoms with Gasteiger partial charge < -0.3 is 4.42 Å². The third kappa shape index (κ3) is 1.55. The molecule has 0 radical (unpaired) electrons. The van der Waals surface area contributed by atoms with Gasteiger partial charge in [-0.25, -0.2) is 4.79 Å². The van der Waals surface area contributed by atoms with Gasteiger partial charge in [0.2, 0.25) is 0 Å². The van der Waals surface area contributed by atoms with Gasteiger partial charge in [-0.05, 0) is 24.6 Å². The smallest absolute Gasteiger partial charge is 0.348 e. The van der Waals surface area contributed by atoms with Gasteiger partial charge in [0.05, 0.1) is 5.02 Å². The molecule has 0 spiro atoms. The van der Waals surface area contributed by atoms with Crippen LogP contribution in [0.2, 0.25) is 5.02 Å². The summed E-state index contributed by atoms with van der Waals surface area (Å²) >= 11 is 5.91. The van der Waals surface area contributed by atoms with Crippen LogP contribution in [0.5, 0.6) is 0 Å². The Kier molecular flexibility index (Phi) is 2.32. The Morgan fingerprint density at radius 1 is 1.40 bits per heavy atom. The Balaban J connectivity index is 2.97. The fourth-order valence-electron chi connectivity index (χ4n) is 1.38. The molecular formula is C11H7ClO3. The third-order valence-electron chi connectivity index (χ3n) is 2.15. The molecule has 4 heteroatoms. The number of carbonyl (C=O) groups excluding carboxylic acids is 1. The molecule has 0 N–H and O–H groups in total. The zero-order valence-corrected chi connectivity index (χ0v) is 8.67. The zero-order valence-electron chi connectivity index (χ0n) is 7.91. The van der Waals surface area contributed by atoms with Crippen LogP contribution < -0.4 is 5.63 Å². The van der Waals surface area contributed by atoms with Crippen LogP contribution in [0, 0.1) is 6.92 Å². The maximum Gasteiger partial charge on any atom is 0.348 e. The van der Waals surface area contributed by atoms with Gasteiger partial charge in [-0.3, -0.25) is 4.79 Å². The number of fused-ring (bicyclic) bond motifs is 1.